The zero-order chi connectivity index (χ0) is 17.8. The molecule has 2 saturated carbocycles. The van der Waals surface area contributed by atoms with Crippen LogP contribution in [0.5, 0.6) is 5.75 Å². The molecule has 4 heteroatoms. The van der Waals surface area contributed by atoms with Crippen LogP contribution in [0.25, 0.3) is 0 Å². The topological polar surface area (TPSA) is 29.5 Å². The molecule has 3 aliphatic carbocycles. The molecule has 0 unspecified atom stereocenters. The van der Waals surface area contributed by atoms with Crippen LogP contribution in [0.4, 0.5) is 8.78 Å². The standard InChI is InChI=1S/C21H26F2O2/c1-20-7-8-21(12-19(22)23)16-6-4-15(25-2)9-13(16)3-5-17(21)18(20)10-14(24)11-20/h4,6,9,12,14,17-18,24H,3,5,7-8,10-11H2,1-2H3/t14-,17+,18+,20-,21+/m1/s1. The number of halogens is 2. The van der Waals surface area contributed by atoms with Gasteiger partial charge in [0.2, 0.25) is 0 Å². The maximum atomic E-state index is 13.5. The normalized spacial score (nSPS) is 39.2. The average molecular weight is 348 g/mol. The molecule has 4 rings (SSSR count). The Balaban J connectivity index is 1.85. The highest BCUT2D eigenvalue weighted by Gasteiger charge is 2.58. The van der Waals surface area contributed by atoms with Gasteiger partial charge >= 0.3 is 0 Å². The third-order valence-electron chi connectivity index (χ3n) is 7.29. The molecule has 0 saturated heterocycles. The fraction of sp³-hybridized carbons (Fsp3) is 0.619. The number of hydrogen-bond donors (Lipinski definition) is 1. The molecule has 0 bridgehead atoms. The second kappa shape index (κ2) is 5.80. The van der Waals surface area contributed by atoms with Crippen LogP contribution in [0.15, 0.2) is 30.4 Å². The first kappa shape index (κ1) is 17.0. The second-order valence-corrected chi connectivity index (χ2v) is 8.50. The van der Waals surface area contributed by atoms with Crippen molar-refractivity contribution in [2.45, 2.75) is 57.0 Å². The Labute approximate surface area is 147 Å². The van der Waals surface area contributed by atoms with Gasteiger partial charge in [-0.2, -0.15) is 8.78 Å². The van der Waals surface area contributed by atoms with Gasteiger partial charge in [0.05, 0.1) is 13.2 Å². The van der Waals surface area contributed by atoms with Crippen LogP contribution >= 0.6 is 0 Å². The number of methoxy groups -OCH3 is 1. The minimum absolute atomic E-state index is 0.0815. The van der Waals surface area contributed by atoms with E-state index in [1.165, 1.54) is 6.08 Å². The lowest BCUT2D eigenvalue weighted by atomic mass is 9.49. The number of fused-ring (bicyclic) bond motifs is 5. The summed E-state index contributed by atoms with van der Waals surface area (Å²) in [7, 11) is 1.64. The first-order valence-corrected chi connectivity index (χ1v) is 9.27. The Bertz CT molecular complexity index is 712. The van der Waals surface area contributed by atoms with E-state index in [1.807, 2.05) is 18.2 Å². The summed E-state index contributed by atoms with van der Waals surface area (Å²) in [5.74, 6) is 1.27. The first-order chi connectivity index (χ1) is 11.9. The molecule has 1 aromatic rings. The maximum absolute atomic E-state index is 13.5. The molecule has 25 heavy (non-hydrogen) atoms. The van der Waals surface area contributed by atoms with E-state index in [-0.39, 0.29) is 17.4 Å². The summed E-state index contributed by atoms with van der Waals surface area (Å²) in [6, 6.07) is 5.90. The maximum Gasteiger partial charge on any atom is 0.267 e. The Morgan fingerprint density at radius 2 is 2.08 bits per heavy atom. The van der Waals surface area contributed by atoms with Crippen molar-refractivity contribution in [3.05, 3.63) is 41.5 Å². The fourth-order valence-electron chi connectivity index (χ4n) is 6.24. The molecule has 5 atom stereocenters. The van der Waals surface area contributed by atoms with Gasteiger partial charge < -0.3 is 9.84 Å². The highest BCUT2D eigenvalue weighted by molar-refractivity contribution is 5.47. The zero-order valence-corrected chi connectivity index (χ0v) is 14.9. The van der Waals surface area contributed by atoms with E-state index in [0.29, 0.717) is 5.92 Å². The van der Waals surface area contributed by atoms with Crippen LogP contribution in [-0.2, 0) is 11.8 Å². The number of aliphatic hydroxyl groups is 1. The van der Waals surface area contributed by atoms with Crippen molar-refractivity contribution >= 4 is 0 Å². The van der Waals surface area contributed by atoms with E-state index in [2.05, 4.69) is 6.92 Å². The van der Waals surface area contributed by atoms with Gasteiger partial charge in [-0.3, -0.25) is 0 Å². The van der Waals surface area contributed by atoms with E-state index in [4.69, 9.17) is 4.74 Å². The van der Waals surface area contributed by atoms with Crippen LogP contribution in [0.3, 0.4) is 0 Å². The second-order valence-electron chi connectivity index (χ2n) is 8.50. The summed E-state index contributed by atoms with van der Waals surface area (Å²) in [6.07, 6.45) is 4.32. The van der Waals surface area contributed by atoms with Crippen LogP contribution in [0, 0.1) is 17.3 Å². The molecule has 0 aromatic heterocycles. The van der Waals surface area contributed by atoms with Gasteiger partial charge in [0.1, 0.15) is 5.75 Å². The highest BCUT2D eigenvalue weighted by atomic mass is 19.3. The quantitative estimate of drug-likeness (QED) is 0.828. The number of ether oxygens (including phenoxy) is 1. The van der Waals surface area contributed by atoms with E-state index in [0.717, 1.165) is 55.4 Å². The molecular weight excluding hydrogens is 322 g/mol. The number of aryl methyl sites for hydroxylation is 1. The van der Waals surface area contributed by atoms with E-state index in [9.17, 15) is 13.9 Å². The molecular formula is C21H26F2O2. The molecule has 2 fully saturated rings. The monoisotopic (exact) mass is 348 g/mol. The third-order valence-corrected chi connectivity index (χ3v) is 7.29. The van der Waals surface area contributed by atoms with Gasteiger partial charge in [0, 0.05) is 5.41 Å². The van der Waals surface area contributed by atoms with Gasteiger partial charge in [-0.25, -0.2) is 0 Å². The fourth-order valence-corrected chi connectivity index (χ4v) is 6.24. The van der Waals surface area contributed by atoms with Crippen molar-refractivity contribution in [2.75, 3.05) is 7.11 Å². The molecule has 0 spiro atoms. The van der Waals surface area contributed by atoms with E-state index >= 15 is 0 Å². The zero-order valence-electron chi connectivity index (χ0n) is 14.9. The number of hydrogen-bond acceptors (Lipinski definition) is 2. The van der Waals surface area contributed by atoms with Crippen molar-refractivity contribution in [3.8, 4) is 5.75 Å². The predicted octanol–water partition coefficient (Wildman–Crippen LogP) is 4.85. The minimum Gasteiger partial charge on any atom is -0.497 e. The lowest BCUT2D eigenvalue weighted by Gasteiger charge is -2.55. The Morgan fingerprint density at radius 3 is 2.80 bits per heavy atom. The van der Waals surface area contributed by atoms with Crippen LogP contribution in [-0.4, -0.2) is 18.3 Å². The van der Waals surface area contributed by atoms with Crippen molar-refractivity contribution < 1.29 is 18.6 Å². The molecule has 136 valence electrons. The van der Waals surface area contributed by atoms with Crippen LogP contribution < -0.4 is 4.74 Å². The minimum atomic E-state index is -1.59. The van der Waals surface area contributed by atoms with Gasteiger partial charge in [-0.1, -0.05) is 13.0 Å². The summed E-state index contributed by atoms with van der Waals surface area (Å²) >= 11 is 0. The van der Waals surface area contributed by atoms with E-state index < -0.39 is 11.5 Å². The lowest BCUT2D eigenvalue weighted by Crippen LogP contribution is -2.50. The Morgan fingerprint density at radius 1 is 1.28 bits per heavy atom. The van der Waals surface area contributed by atoms with Crippen molar-refractivity contribution in [3.63, 3.8) is 0 Å². The van der Waals surface area contributed by atoms with Crippen LogP contribution in [0.1, 0.15) is 50.2 Å². The van der Waals surface area contributed by atoms with Gasteiger partial charge in [0.15, 0.2) is 0 Å². The van der Waals surface area contributed by atoms with E-state index in [1.54, 1.807) is 7.11 Å². The SMILES string of the molecule is COc1ccc2c(c1)CC[C@H]1[C@@H]3C[C@@H](O)C[C@@]3(C)CC[C@]21C=C(F)F. The summed E-state index contributed by atoms with van der Waals surface area (Å²) < 4.78 is 32.4. The molecule has 0 radical (unpaired) electrons. The lowest BCUT2D eigenvalue weighted by molar-refractivity contribution is 0.0258. The predicted molar refractivity (Wildman–Crippen MR) is 92.9 cm³/mol. The number of benzene rings is 1. The first-order valence-electron chi connectivity index (χ1n) is 9.27. The smallest absolute Gasteiger partial charge is 0.267 e. The average Bonchev–Trinajstić information content (AvgIpc) is 2.88. The highest BCUT2D eigenvalue weighted by Crippen LogP contribution is 2.64. The molecule has 1 aromatic carbocycles. The molecule has 0 amide bonds. The van der Waals surface area contributed by atoms with Gasteiger partial charge in [-0.05, 0) is 85.1 Å². The summed E-state index contributed by atoms with van der Waals surface area (Å²) in [5, 5.41) is 10.3. The molecule has 0 aliphatic heterocycles. The third kappa shape index (κ3) is 2.52. The summed E-state index contributed by atoms with van der Waals surface area (Å²) in [5.41, 5.74) is 1.65. The Kier molecular flexibility index (Phi) is 3.95. The van der Waals surface area contributed by atoms with Gasteiger partial charge in [0.25, 0.3) is 6.08 Å². The number of rotatable bonds is 2. The molecule has 0 heterocycles. The van der Waals surface area contributed by atoms with Crippen LogP contribution in [0.2, 0.25) is 0 Å². The van der Waals surface area contributed by atoms with Crippen molar-refractivity contribution in [1.29, 1.82) is 0 Å². The van der Waals surface area contributed by atoms with Crippen molar-refractivity contribution in [1.82, 2.24) is 0 Å². The number of allylic oxidation sites excluding steroid dienone is 1. The van der Waals surface area contributed by atoms with Crippen molar-refractivity contribution in [2.24, 2.45) is 17.3 Å². The molecule has 3 aliphatic rings. The molecule has 2 nitrogen and oxygen atoms in total. The summed E-state index contributed by atoms with van der Waals surface area (Å²) in [6.45, 7) is 2.25. The largest absolute Gasteiger partial charge is 0.497 e. The molecule has 1 N–H and O–H groups in total. The number of aliphatic hydroxyl groups excluding tert-OH is 1. The Hall–Kier alpha value is -1.42. The van der Waals surface area contributed by atoms with Gasteiger partial charge in [-0.15, -0.1) is 0 Å². The summed E-state index contributed by atoms with van der Waals surface area (Å²) in [4.78, 5) is 0.